The van der Waals surface area contributed by atoms with Gasteiger partial charge in [0, 0.05) is 11.1 Å². The van der Waals surface area contributed by atoms with E-state index in [-0.39, 0.29) is 33.7 Å². The standard InChI is InChI=1S/C18H7F5N2O2/c19-8-2-1-6(3-9(8)20)15-12-13(18(27)24-15)16(25-17(12)26)7-4-10(21)14(23)11(22)5-7/h1-5,25-26H. The Bertz CT molecular complexity index is 1140. The van der Waals surface area contributed by atoms with Crippen LogP contribution in [0.2, 0.25) is 0 Å². The Hall–Kier alpha value is -3.49. The summed E-state index contributed by atoms with van der Waals surface area (Å²) in [6.07, 6.45) is 0. The van der Waals surface area contributed by atoms with Gasteiger partial charge in [0.25, 0.3) is 5.91 Å². The highest BCUT2D eigenvalue weighted by atomic mass is 19.2. The smallest absolute Gasteiger partial charge is 0.280 e. The average molecular weight is 378 g/mol. The van der Waals surface area contributed by atoms with Crippen LogP contribution in [0.3, 0.4) is 0 Å². The number of aromatic nitrogens is 1. The molecule has 0 aliphatic carbocycles. The topological polar surface area (TPSA) is 65.4 Å². The Labute approximate surface area is 147 Å². The molecular formula is C18H7F5N2O2. The van der Waals surface area contributed by atoms with E-state index in [1.54, 1.807) is 0 Å². The first-order valence-electron chi connectivity index (χ1n) is 7.46. The summed E-state index contributed by atoms with van der Waals surface area (Å²) < 4.78 is 66.8. The molecule has 0 bridgehead atoms. The number of aromatic hydroxyl groups is 1. The molecule has 4 rings (SSSR count). The largest absolute Gasteiger partial charge is 0.494 e. The maximum Gasteiger partial charge on any atom is 0.280 e. The Morgan fingerprint density at radius 3 is 2.07 bits per heavy atom. The summed E-state index contributed by atoms with van der Waals surface area (Å²) in [5.74, 6) is -8.40. The molecule has 0 unspecified atom stereocenters. The van der Waals surface area contributed by atoms with Crippen LogP contribution in [-0.2, 0) is 0 Å². The molecule has 1 aliphatic heterocycles. The molecule has 0 saturated carbocycles. The lowest BCUT2D eigenvalue weighted by molar-refractivity contribution is 0.101. The molecule has 27 heavy (non-hydrogen) atoms. The number of rotatable bonds is 2. The maximum atomic E-state index is 13.5. The summed E-state index contributed by atoms with van der Waals surface area (Å²) in [4.78, 5) is 18.4. The van der Waals surface area contributed by atoms with Crippen LogP contribution in [0.4, 0.5) is 22.0 Å². The Kier molecular flexibility index (Phi) is 3.62. The fraction of sp³-hybridized carbons (Fsp3) is 0. The van der Waals surface area contributed by atoms with Gasteiger partial charge in [0.2, 0.25) is 0 Å². The number of hydrogen-bond donors (Lipinski definition) is 2. The van der Waals surface area contributed by atoms with Crippen LogP contribution in [0.25, 0.3) is 11.3 Å². The Morgan fingerprint density at radius 1 is 0.815 bits per heavy atom. The molecule has 4 nitrogen and oxygen atoms in total. The molecule has 1 amide bonds. The molecule has 0 atom stereocenters. The number of nitrogens with one attached hydrogen (secondary N) is 1. The van der Waals surface area contributed by atoms with E-state index in [0.717, 1.165) is 18.2 Å². The van der Waals surface area contributed by atoms with E-state index in [1.807, 2.05) is 0 Å². The van der Waals surface area contributed by atoms with E-state index in [0.29, 0.717) is 12.1 Å². The third-order valence-electron chi connectivity index (χ3n) is 4.11. The van der Waals surface area contributed by atoms with Crippen molar-refractivity contribution in [3.05, 3.63) is 76.1 Å². The van der Waals surface area contributed by atoms with Crippen LogP contribution < -0.4 is 0 Å². The first-order valence-corrected chi connectivity index (χ1v) is 7.46. The minimum atomic E-state index is -1.68. The van der Waals surface area contributed by atoms with Gasteiger partial charge in [0.1, 0.15) is 0 Å². The monoisotopic (exact) mass is 378 g/mol. The summed E-state index contributed by atoms with van der Waals surface area (Å²) in [7, 11) is 0. The van der Waals surface area contributed by atoms with Crippen LogP contribution >= 0.6 is 0 Å². The van der Waals surface area contributed by atoms with E-state index >= 15 is 0 Å². The number of carbonyl (C=O) groups is 1. The van der Waals surface area contributed by atoms with E-state index in [1.165, 1.54) is 0 Å². The van der Waals surface area contributed by atoms with Gasteiger partial charge in [-0.15, -0.1) is 0 Å². The molecule has 2 aromatic carbocycles. The molecule has 2 heterocycles. The minimum absolute atomic E-state index is 0.0123. The molecule has 136 valence electrons. The number of halogens is 5. The number of H-pyrrole nitrogens is 1. The molecule has 0 saturated heterocycles. The van der Waals surface area contributed by atoms with Gasteiger partial charge in [-0.3, -0.25) is 4.79 Å². The van der Waals surface area contributed by atoms with Gasteiger partial charge in [-0.25, -0.2) is 26.9 Å². The van der Waals surface area contributed by atoms with Crippen LogP contribution in [0, 0.1) is 29.1 Å². The van der Waals surface area contributed by atoms with E-state index in [9.17, 15) is 31.9 Å². The van der Waals surface area contributed by atoms with Crippen molar-refractivity contribution in [3.8, 4) is 17.1 Å². The second kappa shape index (κ2) is 5.76. The molecule has 0 radical (unpaired) electrons. The van der Waals surface area contributed by atoms with Crippen LogP contribution in [-0.4, -0.2) is 21.7 Å². The first-order chi connectivity index (χ1) is 12.8. The maximum absolute atomic E-state index is 13.5. The quantitative estimate of drug-likeness (QED) is 0.522. The number of hydrogen-bond acceptors (Lipinski definition) is 2. The highest BCUT2D eigenvalue weighted by molar-refractivity contribution is 6.30. The van der Waals surface area contributed by atoms with Crippen molar-refractivity contribution in [3.63, 3.8) is 0 Å². The number of aromatic amines is 1. The number of fused-ring (bicyclic) bond motifs is 1. The normalized spacial score (nSPS) is 13.1. The van der Waals surface area contributed by atoms with Gasteiger partial charge in [-0.2, -0.15) is 0 Å². The van der Waals surface area contributed by atoms with Gasteiger partial charge in [-0.1, -0.05) is 0 Å². The van der Waals surface area contributed by atoms with E-state index in [4.69, 9.17) is 0 Å². The molecule has 3 aromatic rings. The second-order valence-electron chi connectivity index (χ2n) is 5.75. The summed E-state index contributed by atoms with van der Waals surface area (Å²) in [6.45, 7) is 0. The fourth-order valence-electron chi connectivity index (χ4n) is 2.91. The third-order valence-corrected chi connectivity index (χ3v) is 4.11. The average Bonchev–Trinajstić information content (AvgIpc) is 3.14. The molecule has 0 fully saturated rings. The number of aliphatic imine (C=N–C) groups is 1. The predicted octanol–water partition coefficient (Wildman–Crippen LogP) is 4.07. The summed E-state index contributed by atoms with van der Waals surface area (Å²) >= 11 is 0. The number of nitrogens with zero attached hydrogens (tertiary/aromatic N) is 1. The lowest BCUT2D eigenvalue weighted by Crippen LogP contribution is -2.01. The minimum Gasteiger partial charge on any atom is -0.494 e. The lowest BCUT2D eigenvalue weighted by atomic mass is 10.00. The third kappa shape index (κ3) is 2.50. The SMILES string of the molecule is O=C1N=C(c2ccc(F)c(F)c2)c2c(O)[nH]c(-c3cc(F)c(F)c(F)c3)c21. The van der Waals surface area contributed by atoms with Gasteiger partial charge in [0.05, 0.1) is 22.5 Å². The van der Waals surface area contributed by atoms with Crippen molar-refractivity contribution in [2.75, 3.05) is 0 Å². The van der Waals surface area contributed by atoms with Crippen molar-refractivity contribution in [1.82, 2.24) is 4.98 Å². The molecule has 9 heteroatoms. The van der Waals surface area contributed by atoms with Crippen LogP contribution in [0.15, 0.2) is 35.3 Å². The van der Waals surface area contributed by atoms with E-state index < -0.39 is 40.9 Å². The van der Waals surface area contributed by atoms with E-state index in [2.05, 4.69) is 9.98 Å². The van der Waals surface area contributed by atoms with Gasteiger partial charge >= 0.3 is 0 Å². The first kappa shape index (κ1) is 17.0. The van der Waals surface area contributed by atoms with Gasteiger partial charge in [0.15, 0.2) is 35.0 Å². The number of benzene rings is 2. The van der Waals surface area contributed by atoms with Crippen molar-refractivity contribution < 1.29 is 31.9 Å². The van der Waals surface area contributed by atoms with Crippen LogP contribution in [0.1, 0.15) is 21.5 Å². The van der Waals surface area contributed by atoms with Gasteiger partial charge in [-0.05, 0) is 30.3 Å². The highest BCUT2D eigenvalue weighted by Gasteiger charge is 2.34. The molecule has 1 aliphatic rings. The predicted molar refractivity (Wildman–Crippen MR) is 84.1 cm³/mol. The van der Waals surface area contributed by atoms with Crippen molar-refractivity contribution in [2.24, 2.45) is 4.99 Å². The second-order valence-corrected chi connectivity index (χ2v) is 5.75. The molecular weight excluding hydrogens is 371 g/mol. The summed E-state index contributed by atoms with van der Waals surface area (Å²) in [5.41, 5.74) is -0.913. The summed E-state index contributed by atoms with van der Waals surface area (Å²) in [6, 6.07) is 4.06. The Morgan fingerprint density at radius 2 is 1.44 bits per heavy atom. The van der Waals surface area contributed by atoms with Crippen molar-refractivity contribution in [2.45, 2.75) is 0 Å². The number of carbonyl (C=O) groups excluding carboxylic acids is 1. The zero-order valence-electron chi connectivity index (χ0n) is 13.1. The fourth-order valence-corrected chi connectivity index (χ4v) is 2.91. The lowest BCUT2D eigenvalue weighted by Gasteiger charge is -2.03. The molecule has 0 spiro atoms. The number of amides is 1. The Balaban J connectivity index is 1.90. The summed E-state index contributed by atoms with van der Waals surface area (Å²) in [5, 5.41) is 10.2. The van der Waals surface area contributed by atoms with Crippen molar-refractivity contribution >= 4 is 11.6 Å². The van der Waals surface area contributed by atoms with Crippen molar-refractivity contribution in [1.29, 1.82) is 0 Å². The van der Waals surface area contributed by atoms with Crippen LogP contribution in [0.5, 0.6) is 5.88 Å². The van der Waals surface area contributed by atoms with Gasteiger partial charge < -0.3 is 10.1 Å². The zero-order valence-corrected chi connectivity index (χ0v) is 13.1. The molecule has 2 N–H and O–H groups in total. The zero-order chi connectivity index (χ0) is 19.5. The molecule has 1 aromatic heterocycles. The highest BCUT2D eigenvalue weighted by Crippen LogP contribution is 2.38.